The van der Waals surface area contributed by atoms with Crippen LogP contribution in [0.3, 0.4) is 0 Å². The van der Waals surface area contributed by atoms with Crippen molar-refractivity contribution in [1.82, 2.24) is 0 Å². The molecule has 52 valence electrons. The summed E-state index contributed by atoms with van der Waals surface area (Å²) in [6, 6.07) is 0. The number of halogens is 2. The lowest BCUT2D eigenvalue weighted by atomic mass is 10.1. The number of carbonyl (C=O) groups excluding carboxylic acids is 1. The van der Waals surface area contributed by atoms with E-state index in [0.717, 1.165) is 0 Å². The summed E-state index contributed by atoms with van der Waals surface area (Å²) in [5.74, 6) is -0.190. The molecule has 0 aromatic rings. The number of ether oxygens (including phenoxy) is 1. The van der Waals surface area contributed by atoms with Gasteiger partial charge in [-0.1, -0.05) is 31.9 Å². The molecule has 9 heavy (non-hydrogen) atoms. The maximum absolute atomic E-state index is 10.8. The highest BCUT2D eigenvalue weighted by atomic mass is 79.9. The Morgan fingerprint density at radius 1 is 1.89 bits per heavy atom. The molecule has 0 spiro atoms. The number of hydrogen-bond donors (Lipinski definition) is 0. The SMILES string of the molecule is C[C@@]1(Br)C(=O)OC[C@H]1Br. The predicted molar refractivity (Wildman–Crippen MR) is 41.0 cm³/mol. The van der Waals surface area contributed by atoms with Gasteiger partial charge in [0.05, 0.1) is 4.83 Å². The molecule has 0 amide bonds. The van der Waals surface area contributed by atoms with E-state index in [-0.39, 0.29) is 10.8 Å². The molecule has 2 atom stereocenters. The van der Waals surface area contributed by atoms with E-state index in [2.05, 4.69) is 31.9 Å². The lowest BCUT2D eigenvalue weighted by Crippen LogP contribution is -2.30. The number of carbonyl (C=O) groups is 1. The van der Waals surface area contributed by atoms with Gasteiger partial charge in [-0.15, -0.1) is 0 Å². The Bertz CT molecular complexity index is 144. The molecular weight excluding hydrogens is 252 g/mol. The van der Waals surface area contributed by atoms with E-state index >= 15 is 0 Å². The molecule has 1 aliphatic heterocycles. The average molecular weight is 258 g/mol. The largest absolute Gasteiger partial charge is 0.463 e. The van der Waals surface area contributed by atoms with Crippen molar-refractivity contribution in [3.05, 3.63) is 0 Å². The zero-order chi connectivity index (χ0) is 7.07. The van der Waals surface area contributed by atoms with E-state index in [1.165, 1.54) is 0 Å². The monoisotopic (exact) mass is 256 g/mol. The molecule has 0 saturated carbocycles. The standard InChI is InChI=1S/C5H6Br2O2/c1-5(7)3(6)2-9-4(5)8/h3H,2H2,1H3/t3-,5+/m1/s1. The Morgan fingerprint density at radius 2 is 2.44 bits per heavy atom. The van der Waals surface area contributed by atoms with Gasteiger partial charge in [-0.25, -0.2) is 0 Å². The van der Waals surface area contributed by atoms with Gasteiger partial charge >= 0.3 is 5.97 Å². The third kappa shape index (κ3) is 1.15. The van der Waals surface area contributed by atoms with E-state index in [9.17, 15) is 4.79 Å². The van der Waals surface area contributed by atoms with Crippen LogP contribution in [-0.2, 0) is 9.53 Å². The molecule has 0 N–H and O–H groups in total. The fraction of sp³-hybridized carbons (Fsp3) is 0.800. The fourth-order valence-electron chi connectivity index (χ4n) is 0.574. The van der Waals surface area contributed by atoms with Crippen LogP contribution in [0.15, 0.2) is 0 Å². The molecule has 0 radical (unpaired) electrons. The van der Waals surface area contributed by atoms with Crippen LogP contribution in [0.25, 0.3) is 0 Å². The summed E-state index contributed by atoms with van der Waals surface area (Å²) in [5, 5.41) is 0. The van der Waals surface area contributed by atoms with Crippen molar-refractivity contribution in [1.29, 1.82) is 0 Å². The summed E-state index contributed by atoms with van der Waals surface area (Å²) in [4.78, 5) is 10.9. The molecule has 1 fully saturated rings. The normalized spacial score (nSPS) is 43.0. The Labute approximate surface area is 70.2 Å². The average Bonchev–Trinajstić information content (AvgIpc) is 1.96. The zero-order valence-electron chi connectivity index (χ0n) is 4.86. The van der Waals surface area contributed by atoms with E-state index in [4.69, 9.17) is 4.74 Å². The van der Waals surface area contributed by atoms with Gasteiger partial charge in [-0.2, -0.15) is 0 Å². The van der Waals surface area contributed by atoms with Crippen LogP contribution in [0.2, 0.25) is 0 Å². The van der Waals surface area contributed by atoms with Gasteiger partial charge in [-0.3, -0.25) is 4.79 Å². The van der Waals surface area contributed by atoms with Crippen molar-refractivity contribution < 1.29 is 9.53 Å². The van der Waals surface area contributed by atoms with Gasteiger partial charge in [0.1, 0.15) is 10.9 Å². The highest BCUT2D eigenvalue weighted by Crippen LogP contribution is 2.34. The molecule has 1 saturated heterocycles. The van der Waals surface area contributed by atoms with Crippen LogP contribution < -0.4 is 0 Å². The maximum atomic E-state index is 10.8. The Morgan fingerprint density at radius 3 is 2.56 bits per heavy atom. The number of hydrogen-bond acceptors (Lipinski definition) is 2. The van der Waals surface area contributed by atoms with E-state index in [1.54, 1.807) is 6.92 Å². The van der Waals surface area contributed by atoms with Crippen molar-refractivity contribution >= 4 is 37.8 Å². The van der Waals surface area contributed by atoms with Crippen molar-refractivity contribution in [2.75, 3.05) is 6.61 Å². The molecule has 2 nitrogen and oxygen atoms in total. The third-order valence-electron chi connectivity index (χ3n) is 1.35. The third-order valence-corrected chi connectivity index (χ3v) is 4.02. The second-order valence-electron chi connectivity index (χ2n) is 2.14. The van der Waals surface area contributed by atoms with E-state index in [1.807, 2.05) is 0 Å². The molecule has 0 aliphatic carbocycles. The molecular formula is C5H6Br2O2. The summed E-state index contributed by atoms with van der Waals surface area (Å²) < 4.78 is 4.23. The number of esters is 1. The van der Waals surface area contributed by atoms with Crippen molar-refractivity contribution in [3.8, 4) is 0 Å². The molecule has 0 aromatic carbocycles. The predicted octanol–water partition coefficient (Wildman–Crippen LogP) is 1.46. The lowest BCUT2D eigenvalue weighted by molar-refractivity contribution is -0.139. The van der Waals surface area contributed by atoms with Crippen LogP contribution in [0.1, 0.15) is 6.92 Å². The topological polar surface area (TPSA) is 26.3 Å². The molecule has 4 heteroatoms. The highest BCUT2D eigenvalue weighted by Gasteiger charge is 2.45. The lowest BCUT2D eigenvalue weighted by Gasteiger charge is -2.11. The van der Waals surface area contributed by atoms with Crippen molar-refractivity contribution in [3.63, 3.8) is 0 Å². The highest BCUT2D eigenvalue weighted by molar-refractivity contribution is 9.12. The first-order valence-electron chi connectivity index (χ1n) is 2.55. The van der Waals surface area contributed by atoms with Gasteiger partial charge in [-0.05, 0) is 6.92 Å². The molecule has 1 aliphatic rings. The summed E-state index contributed by atoms with van der Waals surface area (Å²) in [6.45, 7) is 2.25. The van der Waals surface area contributed by atoms with Crippen LogP contribution in [0.4, 0.5) is 0 Å². The summed E-state index contributed by atoms with van der Waals surface area (Å²) in [5.41, 5.74) is 0. The molecule has 0 unspecified atom stereocenters. The molecule has 0 aromatic heterocycles. The first kappa shape index (κ1) is 7.54. The minimum absolute atomic E-state index is 0.0949. The Balaban J connectivity index is 2.78. The molecule has 1 rings (SSSR count). The smallest absolute Gasteiger partial charge is 0.323 e. The number of rotatable bonds is 0. The number of alkyl halides is 2. The van der Waals surface area contributed by atoms with Crippen molar-refractivity contribution in [2.24, 2.45) is 0 Å². The second-order valence-corrected chi connectivity index (χ2v) is 4.89. The minimum Gasteiger partial charge on any atom is -0.463 e. The van der Waals surface area contributed by atoms with Gasteiger partial charge in [0.2, 0.25) is 0 Å². The second kappa shape index (κ2) is 2.23. The Kier molecular flexibility index (Phi) is 1.87. The van der Waals surface area contributed by atoms with Crippen LogP contribution in [-0.4, -0.2) is 21.7 Å². The van der Waals surface area contributed by atoms with Crippen LogP contribution in [0.5, 0.6) is 0 Å². The van der Waals surface area contributed by atoms with Crippen LogP contribution in [0, 0.1) is 0 Å². The van der Waals surface area contributed by atoms with Gasteiger partial charge < -0.3 is 4.74 Å². The van der Waals surface area contributed by atoms with Gasteiger partial charge in [0.15, 0.2) is 0 Å². The first-order chi connectivity index (χ1) is 4.05. The van der Waals surface area contributed by atoms with Crippen molar-refractivity contribution in [2.45, 2.75) is 16.1 Å². The zero-order valence-corrected chi connectivity index (χ0v) is 8.03. The minimum atomic E-state index is -0.521. The quantitative estimate of drug-likeness (QED) is 0.485. The first-order valence-corrected chi connectivity index (χ1v) is 4.26. The van der Waals surface area contributed by atoms with Gasteiger partial charge in [0.25, 0.3) is 0 Å². The van der Waals surface area contributed by atoms with E-state index in [0.29, 0.717) is 6.61 Å². The summed E-state index contributed by atoms with van der Waals surface area (Å²) in [7, 11) is 0. The molecule has 0 bridgehead atoms. The number of cyclic esters (lactones) is 1. The van der Waals surface area contributed by atoms with Crippen LogP contribution >= 0.6 is 31.9 Å². The van der Waals surface area contributed by atoms with E-state index < -0.39 is 4.32 Å². The Hall–Kier alpha value is 0.430. The summed E-state index contributed by atoms with van der Waals surface area (Å²) in [6.07, 6.45) is 0. The maximum Gasteiger partial charge on any atom is 0.323 e. The van der Waals surface area contributed by atoms with Gasteiger partial charge in [0, 0.05) is 0 Å². The fourth-order valence-corrected chi connectivity index (χ4v) is 1.14. The molecule has 1 heterocycles. The summed E-state index contributed by atoms with van der Waals surface area (Å²) >= 11 is 6.56.